The van der Waals surface area contributed by atoms with E-state index in [1.54, 1.807) is 4.68 Å². The zero-order valence-electron chi connectivity index (χ0n) is 15.2. The molecule has 1 aromatic heterocycles. The first-order valence-electron chi connectivity index (χ1n) is 9.47. The topological polar surface area (TPSA) is 71.8 Å². The van der Waals surface area contributed by atoms with Crippen molar-refractivity contribution in [2.45, 2.75) is 58.3 Å². The van der Waals surface area contributed by atoms with Crippen LogP contribution >= 0.6 is 0 Å². The minimum absolute atomic E-state index is 0.115. The Bertz CT molecular complexity index is 554. The number of hydrogen-bond donors (Lipinski definition) is 2. The molecule has 6 nitrogen and oxygen atoms in total. The smallest absolute Gasteiger partial charge is 0.229 e. The molecule has 2 aliphatic rings. The number of aryl methyl sites for hydroxylation is 1. The van der Waals surface area contributed by atoms with Gasteiger partial charge in [-0.05, 0) is 63.5 Å². The number of aromatic nitrogens is 3. The molecule has 24 heavy (non-hydrogen) atoms. The van der Waals surface area contributed by atoms with Gasteiger partial charge in [-0.15, -0.1) is 0 Å². The van der Waals surface area contributed by atoms with Gasteiger partial charge in [0, 0.05) is 18.9 Å². The third kappa shape index (κ3) is 3.97. The molecular formula is C18H31N5O. The summed E-state index contributed by atoms with van der Waals surface area (Å²) in [5.74, 6) is 3.61. The van der Waals surface area contributed by atoms with Crippen molar-refractivity contribution in [2.75, 3.05) is 18.4 Å². The molecule has 1 amide bonds. The maximum atomic E-state index is 12.6. The molecule has 1 aliphatic heterocycles. The first-order chi connectivity index (χ1) is 11.5. The van der Waals surface area contributed by atoms with Gasteiger partial charge in [-0.1, -0.05) is 13.8 Å². The van der Waals surface area contributed by atoms with Crippen molar-refractivity contribution in [2.24, 2.45) is 24.8 Å². The number of hydrogen-bond acceptors (Lipinski definition) is 4. The summed E-state index contributed by atoms with van der Waals surface area (Å²) < 4.78 is 1.72. The van der Waals surface area contributed by atoms with Gasteiger partial charge in [0.1, 0.15) is 0 Å². The van der Waals surface area contributed by atoms with Crippen LogP contribution in [0.4, 0.5) is 5.95 Å². The van der Waals surface area contributed by atoms with Crippen LogP contribution in [0.15, 0.2) is 0 Å². The number of piperidine rings is 1. The highest BCUT2D eigenvalue weighted by atomic mass is 16.2. The number of nitrogens with zero attached hydrogens (tertiary/aromatic N) is 3. The van der Waals surface area contributed by atoms with Gasteiger partial charge in [0.2, 0.25) is 11.9 Å². The van der Waals surface area contributed by atoms with Crippen LogP contribution in [0.25, 0.3) is 0 Å². The van der Waals surface area contributed by atoms with E-state index in [0.717, 1.165) is 69.3 Å². The van der Waals surface area contributed by atoms with Crippen molar-refractivity contribution in [3.05, 3.63) is 5.82 Å². The number of anilines is 1. The third-order valence-corrected chi connectivity index (χ3v) is 5.80. The zero-order chi connectivity index (χ0) is 17.1. The molecule has 3 rings (SSSR count). The number of carbonyl (C=O) groups excluding carboxylic acids is 1. The average molecular weight is 333 g/mol. The molecule has 1 aromatic rings. The molecule has 0 spiro atoms. The summed E-state index contributed by atoms with van der Waals surface area (Å²) in [5.41, 5.74) is 0. The summed E-state index contributed by atoms with van der Waals surface area (Å²) in [7, 11) is 1.86. The molecule has 0 bridgehead atoms. The highest BCUT2D eigenvalue weighted by Gasteiger charge is 2.29. The Morgan fingerprint density at radius 2 is 1.83 bits per heavy atom. The van der Waals surface area contributed by atoms with Gasteiger partial charge in [-0.3, -0.25) is 10.1 Å². The van der Waals surface area contributed by atoms with Gasteiger partial charge in [0.25, 0.3) is 0 Å². The number of amides is 1. The standard InChI is InChI=1S/C18H31N5O/c1-12(2)13-4-6-15(7-5-13)17(24)21-18-20-16(22-23(18)3)14-8-10-19-11-9-14/h12-15,19H,4-11H2,1-3H3,(H,20,21,22,24). The zero-order valence-corrected chi connectivity index (χ0v) is 15.2. The minimum Gasteiger partial charge on any atom is -0.317 e. The van der Waals surface area contributed by atoms with Crippen LogP contribution in [0.3, 0.4) is 0 Å². The van der Waals surface area contributed by atoms with E-state index < -0.39 is 0 Å². The number of carbonyl (C=O) groups is 1. The first-order valence-corrected chi connectivity index (χ1v) is 9.47. The van der Waals surface area contributed by atoms with Gasteiger partial charge in [0.15, 0.2) is 5.82 Å². The molecule has 0 radical (unpaired) electrons. The van der Waals surface area contributed by atoms with Crippen LogP contribution in [0.1, 0.15) is 64.1 Å². The van der Waals surface area contributed by atoms with Crippen molar-refractivity contribution in [1.82, 2.24) is 20.1 Å². The monoisotopic (exact) mass is 333 g/mol. The van der Waals surface area contributed by atoms with Gasteiger partial charge in [0.05, 0.1) is 0 Å². The summed E-state index contributed by atoms with van der Waals surface area (Å²) in [4.78, 5) is 17.2. The average Bonchev–Trinajstić information content (AvgIpc) is 2.96. The van der Waals surface area contributed by atoms with Crippen molar-refractivity contribution < 1.29 is 4.79 Å². The fourth-order valence-electron chi connectivity index (χ4n) is 4.03. The molecular weight excluding hydrogens is 302 g/mol. The Hall–Kier alpha value is -1.43. The Morgan fingerprint density at radius 3 is 2.46 bits per heavy atom. The van der Waals surface area contributed by atoms with E-state index in [4.69, 9.17) is 0 Å². The fraction of sp³-hybridized carbons (Fsp3) is 0.833. The highest BCUT2D eigenvalue weighted by Crippen LogP contribution is 2.33. The van der Waals surface area contributed by atoms with Crippen molar-refractivity contribution in [3.8, 4) is 0 Å². The lowest BCUT2D eigenvalue weighted by Gasteiger charge is -2.29. The molecule has 1 saturated heterocycles. The molecule has 0 aromatic carbocycles. The Balaban J connectivity index is 1.57. The van der Waals surface area contributed by atoms with Crippen LogP contribution < -0.4 is 10.6 Å². The molecule has 2 N–H and O–H groups in total. The minimum atomic E-state index is 0.115. The number of rotatable bonds is 4. The van der Waals surface area contributed by atoms with Gasteiger partial charge < -0.3 is 5.32 Å². The second kappa shape index (κ2) is 7.64. The second-order valence-electron chi connectivity index (χ2n) is 7.79. The molecule has 0 atom stereocenters. The normalized spacial score (nSPS) is 25.8. The van der Waals surface area contributed by atoms with E-state index in [1.165, 1.54) is 0 Å². The molecule has 134 valence electrons. The molecule has 0 unspecified atom stereocenters. The predicted molar refractivity (Wildman–Crippen MR) is 94.8 cm³/mol. The molecule has 1 saturated carbocycles. The Kier molecular flexibility index (Phi) is 5.54. The lowest BCUT2D eigenvalue weighted by molar-refractivity contribution is -0.121. The molecule has 2 fully saturated rings. The first kappa shape index (κ1) is 17.4. The van der Waals surface area contributed by atoms with Gasteiger partial charge in [-0.2, -0.15) is 10.1 Å². The van der Waals surface area contributed by atoms with E-state index in [9.17, 15) is 4.79 Å². The fourth-order valence-corrected chi connectivity index (χ4v) is 4.03. The van der Waals surface area contributed by atoms with Crippen LogP contribution in [0.2, 0.25) is 0 Å². The maximum absolute atomic E-state index is 12.6. The van der Waals surface area contributed by atoms with Gasteiger partial charge in [-0.25, -0.2) is 4.68 Å². The van der Waals surface area contributed by atoms with E-state index in [-0.39, 0.29) is 11.8 Å². The largest absolute Gasteiger partial charge is 0.317 e. The molecule has 2 heterocycles. The quantitative estimate of drug-likeness (QED) is 0.888. The van der Waals surface area contributed by atoms with E-state index in [2.05, 4.69) is 34.6 Å². The summed E-state index contributed by atoms with van der Waals surface area (Å²) in [6.07, 6.45) is 6.44. The SMILES string of the molecule is CC(C)C1CCC(C(=O)Nc2nc(C3CCNCC3)nn2C)CC1. The second-order valence-corrected chi connectivity index (χ2v) is 7.79. The lowest BCUT2D eigenvalue weighted by Crippen LogP contribution is -2.29. The summed E-state index contributed by atoms with van der Waals surface area (Å²) in [5, 5.41) is 10.9. The summed E-state index contributed by atoms with van der Waals surface area (Å²) in [6.45, 7) is 6.60. The van der Waals surface area contributed by atoms with Crippen LogP contribution in [-0.4, -0.2) is 33.8 Å². The predicted octanol–water partition coefficient (Wildman–Crippen LogP) is 2.68. The van der Waals surface area contributed by atoms with Crippen LogP contribution in [0.5, 0.6) is 0 Å². The van der Waals surface area contributed by atoms with E-state index in [1.807, 2.05) is 7.05 Å². The van der Waals surface area contributed by atoms with Crippen molar-refractivity contribution >= 4 is 11.9 Å². The summed E-state index contributed by atoms with van der Waals surface area (Å²) in [6, 6.07) is 0. The van der Waals surface area contributed by atoms with Crippen molar-refractivity contribution in [1.29, 1.82) is 0 Å². The number of nitrogens with one attached hydrogen (secondary N) is 2. The Labute approximate surface area is 144 Å². The highest BCUT2D eigenvalue weighted by molar-refractivity contribution is 5.91. The summed E-state index contributed by atoms with van der Waals surface area (Å²) >= 11 is 0. The van der Waals surface area contributed by atoms with Gasteiger partial charge >= 0.3 is 0 Å². The lowest BCUT2D eigenvalue weighted by atomic mass is 9.77. The van der Waals surface area contributed by atoms with E-state index >= 15 is 0 Å². The molecule has 6 heteroatoms. The molecule has 1 aliphatic carbocycles. The van der Waals surface area contributed by atoms with E-state index in [0.29, 0.717) is 11.9 Å². The third-order valence-electron chi connectivity index (χ3n) is 5.80. The van der Waals surface area contributed by atoms with Crippen LogP contribution in [0, 0.1) is 17.8 Å². The van der Waals surface area contributed by atoms with Crippen molar-refractivity contribution in [3.63, 3.8) is 0 Å². The maximum Gasteiger partial charge on any atom is 0.229 e. The Morgan fingerprint density at radius 1 is 1.17 bits per heavy atom. The van der Waals surface area contributed by atoms with Crippen LogP contribution in [-0.2, 0) is 11.8 Å².